The van der Waals surface area contributed by atoms with Gasteiger partial charge in [-0.25, -0.2) is 0 Å². The van der Waals surface area contributed by atoms with Crippen molar-refractivity contribution in [3.8, 4) is 0 Å². The van der Waals surface area contributed by atoms with E-state index in [0.29, 0.717) is 0 Å². The second-order valence-corrected chi connectivity index (χ2v) is 6.91. The van der Waals surface area contributed by atoms with Crippen molar-refractivity contribution >= 4 is 11.8 Å². The van der Waals surface area contributed by atoms with Crippen LogP contribution in [0.4, 0.5) is 0 Å². The fourth-order valence-electron chi connectivity index (χ4n) is 2.87. The fraction of sp³-hybridized carbons (Fsp3) is 0.900. The van der Waals surface area contributed by atoms with Gasteiger partial charge < -0.3 is 11.1 Å². The summed E-state index contributed by atoms with van der Waals surface area (Å²) in [6.45, 7) is 2.98. The van der Waals surface area contributed by atoms with Crippen LogP contribution in [-0.2, 0) is 9.59 Å². The highest BCUT2D eigenvalue weighted by atomic mass is 16.2. The van der Waals surface area contributed by atoms with Gasteiger partial charge in [0.05, 0.1) is 0 Å². The Bertz CT molecular complexity index is 306. The molecule has 0 aromatic carbocycles. The molecular formula is C20H40N2O2. The van der Waals surface area contributed by atoms with E-state index in [4.69, 9.17) is 5.73 Å². The molecule has 0 rings (SSSR count). The second kappa shape index (κ2) is 18.3. The van der Waals surface area contributed by atoms with E-state index in [9.17, 15) is 9.59 Å². The number of nitrogens with two attached hydrogens (primary N) is 1. The Labute approximate surface area is 149 Å². The summed E-state index contributed by atoms with van der Waals surface area (Å²) in [7, 11) is 0. The van der Waals surface area contributed by atoms with Crippen molar-refractivity contribution < 1.29 is 9.59 Å². The molecule has 0 saturated carbocycles. The summed E-state index contributed by atoms with van der Waals surface area (Å²) in [6.07, 6.45) is 19.1. The Morgan fingerprint density at radius 3 is 1.50 bits per heavy atom. The van der Waals surface area contributed by atoms with Gasteiger partial charge in [-0.2, -0.15) is 0 Å². The first kappa shape index (κ1) is 22.9. The molecule has 0 aliphatic rings. The summed E-state index contributed by atoms with van der Waals surface area (Å²) in [6, 6.07) is 0. The van der Waals surface area contributed by atoms with Gasteiger partial charge in [-0.05, 0) is 6.42 Å². The minimum absolute atomic E-state index is 0.0662. The summed E-state index contributed by atoms with van der Waals surface area (Å²) in [4.78, 5) is 21.9. The summed E-state index contributed by atoms with van der Waals surface area (Å²) in [5.74, 6) is -0.481. The lowest BCUT2D eigenvalue weighted by Gasteiger charge is -2.05. The van der Waals surface area contributed by atoms with Gasteiger partial charge >= 0.3 is 0 Å². The molecule has 0 radical (unpaired) electrons. The van der Waals surface area contributed by atoms with Crippen LogP contribution in [0.2, 0.25) is 0 Å². The van der Waals surface area contributed by atoms with E-state index in [-0.39, 0.29) is 18.7 Å². The number of nitrogens with one attached hydrogen (secondary N) is 1. The third-order valence-corrected chi connectivity index (χ3v) is 4.45. The molecule has 142 valence electrons. The number of amides is 2. The van der Waals surface area contributed by atoms with Gasteiger partial charge in [0.2, 0.25) is 11.8 Å². The molecule has 0 heterocycles. The standard InChI is InChI=1S/C20H40N2O2/c1-2-3-4-5-6-7-8-9-10-11-12-13-14-15-18-22-20(24)17-16-19(21)23/h2-18H2,1H3,(H2,21,23)(H,22,24). The Morgan fingerprint density at radius 2 is 1.08 bits per heavy atom. The molecule has 0 aromatic heterocycles. The quantitative estimate of drug-likeness (QED) is 0.350. The van der Waals surface area contributed by atoms with E-state index in [1.54, 1.807) is 0 Å². The van der Waals surface area contributed by atoms with E-state index >= 15 is 0 Å². The monoisotopic (exact) mass is 340 g/mol. The molecule has 0 aliphatic heterocycles. The maximum atomic E-state index is 11.4. The minimum atomic E-state index is -0.415. The van der Waals surface area contributed by atoms with Crippen molar-refractivity contribution in [3.05, 3.63) is 0 Å². The van der Waals surface area contributed by atoms with Gasteiger partial charge in [0, 0.05) is 19.4 Å². The smallest absolute Gasteiger partial charge is 0.220 e. The SMILES string of the molecule is CCCCCCCCCCCCCCCCNC(=O)CCC(N)=O. The van der Waals surface area contributed by atoms with E-state index in [0.717, 1.165) is 13.0 Å². The molecule has 0 aromatic rings. The molecule has 24 heavy (non-hydrogen) atoms. The molecule has 2 amide bonds. The van der Waals surface area contributed by atoms with Crippen molar-refractivity contribution in [3.63, 3.8) is 0 Å². The summed E-state index contributed by atoms with van der Waals surface area (Å²) in [5, 5.41) is 2.83. The summed E-state index contributed by atoms with van der Waals surface area (Å²) < 4.78 is 0. The lowest BCUT2D eigenvalue weighted by Crippen LogP contribution is -2.25. The number of primary amides is 1. The zero-order valence-corrected chi connectivity index (χ0v) is 15.9. The van der Waals surface area contributed by atoms with Crippen molar-refractivity contribution in [1.82, 2.24) is 5.32 Å². The molecule has 4 heteroatoms. The first-order valence-electron chi connectivity index (χ1n) is 10.2. The van der Waals surface area contributed by atoms with Crippen LogP contribution in [0.3, 0.4) is 0 Å². The molecule has 0 bridgehead atoms. The number of carbonyl (C=O) groups excluding carboxylic acids is 2. The first-order chi connectivity index (χ1) is 11.7. The van der Waals surface area contributed by atoms with Gasteiger partial charge in [0.1, 0.15) is 0 Å². The minimum Gasteiger partial charge on any atom is -0.370 e. The second-order valence-electron chi connectivity index (χ2n) is 6.91. The average Bonchev–Trinajstić information content (AvgIpc) is 2.56. The van der Waals surface area contributed by atoms with Crippen LogP contribution < -0.4 is 11.1 Å². The first-order valence-corrected chi connectivity index (χ1v) is 10.2. The molecule has 0 atom stereocenters. The number of unbranched alkanes of at least 4 members (excludes halogenated alkanes) is 13. The third-order valence-electron chi connectivity index (χ3n) is 4.45. The maximum Gasteiger partial charge on any atom is 0.220 e. The van der Waals surface area contributed by atoms with Gasteiger partial charge in [0.15, 0.2) is 0 Å². The van der Waals surface area contributed by atoms with Crippen LogP contribution in [0.15, 0.2) is 0 Å². The Kier molecular flexibility index (Phi) is 17.5. The third kappa shape index (κ3) is 19.0. The normalized spacial score (nSPS) is 10.7. The van der Waals surface area contributed by atoms with Crippen molar-refractivity contribution in [2.75, 3.05) is 6.54 Å². The van der Waals surface area contributed by atoms with Crippen LogP contribution in [0.5, 0.6) is 0 Å². The van der Waals surface area contributed by atoms with Crippen molar-refractivity contribution in [2.24, 2.45) is 5.73 Å². The van der Waals surface area contributed by atoms with E-state index < -0.39 is 5.91 Å². The Hall–Kier alpha value is -1.06. The van der Waals surface area contributed by atoms with Crippen LogP contribution in [0, 0.1) is 0 Å². The van der Waals surface area contributed by atoms with Crippen LogP contribution >= 0.6 is 0 Å². The highest BCUT2D eigenvalue weighted by molar-refractivity contribution is 5.82. The summed E-state index contributed by atoms with van der Waals surface area (Å²) >= 11 is 0. The fourth-order valence-corrected chi connectivity index (χ4v) is 2.87. The maximum absolute atomic E-state index is 11.4. The largest absolute Gasteiger partial charge is 0.370 e. The predicted octanol–water partition coefficient (Wildman–Crippen LogP) is 4.85. The average molecular weight is 341 g/mol. The van der Waals surface area contributed by atoms with Gasteiger partial charge in [-0.3, -0.25) is 9.59 Å². The van der Waals surface area contributed by atoms with Crippen molar-refractivity contribution in [2.45, 2.75) is 110 Å². The number of rotatable bonds is 18. The Balaban J connectivity index is 3.10. The summed E-state index contributed by atoms with van der Waals surface area (Å²) in [5.41, 5.74) is 5.01. The molecule has 0 saturated heterocycles. The topological polar surface area (TPSA) is 72.2 Å². The molecule has 0 spiro atoms. The van der Waals surface area contributed by atoms with Gasteiger partial charge in [-0.15, -0.1) is 0 Å². The molecule has 4 nitrogen and oxygen atoms in total. The molecule has 0 fully saturated rings. The molecular weight excluding hydrogens is 300 g/mol. The van der Waals surface area contributed by atoms with E-state index in [2.05, 4.69) is 12.2 Å². The zero-order valence-electron chi connectivity index (χ0n) is 15.9. The van der Waals surface area contributed by atoms with Gasteiger partial charge in [0.25, 0.3) is 0 Å². The molecule has 0 aliphatic carbocycles. The lowest BCUT2D eigenvalue weighted by molar-refractivity contribution is -0.125. The molecule has 3 N–H and O–H groups in total. The number of carbonyl (C=O) groups is 2. The Morgan fingerprint density at radius 1 is 0.667 bits per heavy atom. The molecule has 0 unspecified atom stereocenters. The van der Waals surface area contributed by atoms with E-state index in [1.165, 1.54) is 83.5 Å². The number of hydrogen-bond donors (Lipinski definition) is 2. The number of hydrogen-bond acceptors (Lipinski definition) is 2. The van der Waals surface area contributed by atoms with Crippen LogP contribution in [0.1, 0.15) is 110 Å². The van der Waals surface area contributed by atoms with Crippen LogP contribution in [0.25, 0.3) is 0 Å². The van der Waals surface area contributed by atoms with E-state index in [1.807, 2.05) is 0 Å². The highest BCUT2D eigenvalue weighted by Gasteiger charge is 2.02. The van der Waals surface area contributed by atoms with Gasteiger partial charge in [-0.1, -0.05) is 90.4 Å². The lowest BCUT2D eigenvalue weighted by atomic mass is 10.0. The van der Waals surface area contributed by atoms with Crippen LogP contribution in [-0.4, -0.2) is 18.4 Å². The zero-order chi connectivity index (χ0) is 17.9. The van der Waals surface area contributed by atoms with Crippen molar-refractivity contribution in [1.29, 1.82) is 0 Å². The highest BCUT2D eigenvalue weighted by Crippen LogP contribution is 2.12. The predicted molar refractivity (Wildman–Crippen MR) is 102 cm³/mol.